The minimum absolute atomic E-state index is 0.0424. The Hall–Kier alpha value is -3.77. The fourth-order valence-electron chi connectivity index (χ4n) is 5.37. The van der Waals surface area contributed by atoms with Gasteiger partial charge in [-0.05, 0) is 67.3 Å². The molecule has 1 N–H and O–H groups in total. The Labute approximate surface area is 266 Å². The molecule has 3 aromatic rings. The summed E-state index contributed by atoms with van der Waals surface area (Å²) in [6.07, 6.45) is -1.05. The Morgan fingerprint density at radius 2 is 1.71 bits per heavy atom. The Morgan fingerprint density at radius 3 is 2.33 bits per heavy atom. The molecule has 3 aromatic carbocycles. The highest BCUT2D eigenvalue weighted by Crippen LogP contribution is 2.37. The zero-order valence-corrected chi connectivity index (χ0v) is 26.5. The van der Waals surface area contributed by atoms with Gasteiger partial charge in [0.2, 0.25) is 11.8 Å². The Kier molecular flexibility index (Phi) is 11.0. The molecule has 4 rings (SSSR count). The van der Waals surface area contributed by atoms with E-state index in [0.29, 0.717) is 21.7 Å². The second-order valence-electron chi connectivity index (χ2n) is 10.8. The van der Waals surface area contributed by atoms with E-state index < -0.39 is 51.9 Å². The average Bonchev–Trinajstić information content (AvgIpc) is 3.53. The number of nitrogens with one attached hydrogen (secondary N) is 1. The van der Waals surface area contributed by atoms with E-state index in [4.69, 9.17) is 16.3 Å². The van der Waals surface area contributed by atoms with Crippen LogP contribution < -0.4 is 14.4 Å². The molecule has 1 atom stereocenters. The van der Waals surface area contributed by atoms with Crippen molar-refractivity contribution in [2.75, 3.05) is 18.0 Å². The highest BCUT2D eigenvalue weighted by atomic mass is 35.5. The lowest BCUT2D eigenvalue weighted by Crippen LogP contribution is -2.53. The van der Waals surface area contributed by atoms with Gasteiger partial charge in [-0.25, -0.2) is 8.42 Å². The molecule has 242 valence electrons. The minimum atomic E-state index is -4.81. The van der Waals surface area contributed by atoms with Crippen molar-refractivity contribution >= 4 is 39.1 Å². The number of amides is 2. The molecule has 8 nitrogen and oxygen atoms in total. The zero-order valence-electron chi connectivity index (χ0n) is 24.9. The van der Waals surface area contributed by atoms with Gasteiger partial charge in [-0.15, -0.1) is 0 Å². The number of anilines is 1. The molecule has 1 saturated carbocycles. The molecule has 0 aliphatic heterocycles. The number of carbonyl (C=O) groups is 2. The van der Waals surface area contributed by atoms with E-state index >= 15 is 0 Å². The molecule has 0 spiro atoms. The summed E-state index contributed by atoms with van der Waals surface area (Å²) in [5.41, 5.74) is -1.06. The lowest BCUT2D eigenvalue weighted by molar-refractivity contribution is -0.140. The number of alkyl halides is 3. The molecule has 45 heavy (non-hydrogen) atoms. The van der Waals surface area contributed by atoms with E-state index in [0.717, 1.165) is 37.8 Å². The van der Waals surface area contributed by atoms with Crippen LogP contribution in [0.25, 0.3) is 0 Å². The van der Waals surface area contributed by atoms with Crippen LogP contribution in [0.2, 0.25) is 5.02 Å². The van der Waals surface area contributed by atoms with Crippen molar-refractivity contribution in [3.05, 3.63) is 88.9 Å². The maximum atomic E-state index is 14.2. The van der Waals surface area contributed by atoms with Crippen molar-refractivity contribution in [1.82, 2.24) is 10.2 Å². The molecule has 1 aliphatic carbocycles. The summed E-state index contributed by atoms with van der Waals surface area (Å²) in [5, 5.41) is 2.71. The summed E-state index contributed by atoms with van der Waals surface area (Å²) in [6.45, 7) is 0.713. The lowest BCUT2D eigenvalue weighted by Gasteiger charge is -2.34. The largest absolute Gasteiger partial charge is 0.497 e. The number of methoxy groups -OCH3 is 1. The highest BCUT2D eigenvalue weighted by molar-refractivity contribution is 7.92. The number of sulfonamides is 1. The second kappa shape index (κ2) is 14.6. The number of hydrogen-bond donors (Lipinski definition) is 1. The van der Waals surface area contributed by atoms with Gasteiger partial charge >= 0.3 is 6.18 Å². The van der Waals surface area contributed by atoms with Crippen molar-refractivity contribution in [3.8, 4) is 5.75 Å². The van der Waals surface area contributed by atoms with Crippen LogP contribution in [0.1, 0.15) is 50.2 Å². The summed E-state index contributed by atoms with van der Waals surface area (Å²) in [7, 11) is -3.13. The molecule has 0 heterocycles. The third-order valence-electron chi connectivity index (χ3n) is 7.73. The van der Waals surface area contributed by atoms with Gasteiger partial charge in [0.25, 0.3) is 10.0 Å². The van der Waals surface area contributed by atoms with Crippen LogP contribution in [0.3, 0.4) is 0 Å². The molecule has 1 aliphatic rings. The van der Waals surface area contributed by atoms with Gasteiger partial charge in [-0.2, -0.15) is 13.2 Å². The average molecular weight is 666 g/mol. The highest BCUT2D eigenvalue weighted by Gasteiger charge is 2.37. The summed E-state index contributed by atoms with van der Waals surface area (Å²) in [4.78, 5) is 28.8. The number of carbonyl (C=O) groups excluding carboxylic acids is 2. The topological polar surface area (TPSA) is 96.0 Å². The van der Waals surface area contributed by atoms with Crippen LogP contribution in [0.15, 0.2) is 77.7 Å². The molecule has 0 radical (unpaired) electrons. The van der Waals surface area contributed by atoms with Crippen molar-refractivity contribution < 1.29 is 35.9 Å². The predicted octanol–water partition coefficient (Wildman–Crippen LogP) is 6.43. The first-order valence-corrected chi connectivity index (χ1v) is 16.3. The zero-order chi connectivity index (χ0) is 32.8. The summed E-state index contributed by atoms with van der Waals surface area (Å²) in [5.74, 6) is -0.693. The molecule has 1 unspecified atom stereocenters. The van der Waals surface area contributed by atoms with Gasteiger partial charge in [0.1, 0.15) is 18.3 Å². The minimum Gasteiger partial charge on any atom is -0.497 e. The Morgan fingerprint density at radius 1 is 1.02 bits per heavy atom. The number of ether oxygens (including phenoxy) is 1. The van der Waals surface area contributed by atoms with E-state index in [2.05, 4.69) is 5.32 Å². The first-order chi connectivity index (χ1) is 21.3. The Balaban J connectivity index is 1.79. The van der Waals surface area contributed by atoms with E-state index in [-0.39, 0.29) is 28.9 Å². The molecule has 13 heteroatoms. The number of benzene rings is 3. The van der Waals surface area contributed by atoms with E-state index in [9.17, 15) is 31.2 Å². The van der Waals surface area contributed by atoms with Crippen LogP contribution in [-0.2, 0) is 32.3 Å². The second-order valence-corrected chi connectivity index (χ2v) is 13.0. The van der Waals surface area contributed by atoms with Gasteiger partial charge < -0.3 is 15.0 Å². The number of rotatable bonds is 12. The maximum Gasteiger partial charge on any atom is 0.416 e. The first kappa shape index (κ1) is 34.1. The van der Waals surface area contributed by atoms with Crippen LogP contribution in [-0.4, -0.2) is 50.9 Å². The van der Waals surface area contributed by atoms with Crippen molar-refractivity contribution in [1.29, 1.82) is 0 Å². The van der Waals surface area contributed by atoms with Gasteiger partial charge in [-0.1, -0.05) is 61.7 Å². The smallest absolute Gasteiger partial charge is 0.416 e. The first-order valence-electron chi connectivity index (χ1n) is 14.5. The van der Waals surface area contributed by atoms with Crippen LogP contribution in [0.4, 0.5) is 18.9 Å². The van der Waals surface area contributed by atoms with Gasteiger partial charge in [0.15, 0.2) is 0 Å². The SMILES string of the molecule is CCC(C(=O)NC1CCCC1)N(Cc1cccc(OC)c1)C(=O)CN(c1cc(C(F)(F)F)ccc1Cl)S(=O)(=O)c1ccccc1. The fourth-order valence-corrected chi connectivity index (χ4v) is 7.08. The monoisotopic (exact) mass is 665 g/mol. The van der Waals surface area contributed by atoms with Crippen LogP contribution in [0, 0.1) is 0 Å². The van der Waals surface area contributed by atoms with Crippen molar-refractivity contribution in [2.45, 2.75) is 68.7 Å². The predicted molar refractivity (Wildman–Crippen MR) is 165 cm³/mol. The quantitative estimate of drug-likeness (QED) is 0.241. The summed E-state index contributed by atoms with van der Waals surface area (Å²) >= 11 is 6.32. The standard InChI is InChI=1S/C32H35ClF3N3O5S/c1-3-28(31(41)37-24-11-7-8-12-24)38(20-22-10-9-13-25(18-22)44-2)30(40)21-39(45(42,43)26-14-5-4-6-15-26)29-19-23(32(34,35)36)16-17-27(29)33/h4-6,9-10,13-19,24,28H,3,7-8,11-12,20-21H2,1-2H3,(H,37,41). The number of nitrogens with zero attached hydrogens (tertiary/aromatic N) is 2. The third kappa shape index (κ3) is 8.29. The number of halogens is 4. The fraction of sp³-hybridized carbons (Fsp3) is 0.375. The molecular formula is C32H35ClF3N3O5S. The van der Waals surface area contributed by atoms with Gasteiger partial charge in [0, 0.05) is 12.6 Å². The number of hydrogen-bond acceptors (Lipinski definition) is 5. The Bertz CT molecular complexity index is 1600. The van der Waals surface area contributed by atoms with E-state index in [1.807, 2.05) is 0 Å². The molecule has 0 bridgehead atoms. The van der Waals surface area contributed by atoms with E-state index in [1.54, 1.807) is 37.3 Å². The summed E-state index contributed by atoms with van der Waals surface area (Å²) in [6, 6.07) is 15.1. The maximum absolute atomic E-state index is 14.2. The summed E-state index contributed by atoms with van der Waals surface area (Å²) < 4.78 is 75.1. The molecule has 0 aromatic heterocycles. The van der Waals surface area contributed by atoms with E-state index in [1.165, 1.54) is 36.3 Å². The van der Waals surface area contributed by atoms with Crippen molar-refractivity contribution in [2.24, 2.45) is 0 Å². The molecular weight excluding hydrogens is 631 g/mol. The lowest BCUT2D eigenvalue weighted by atomic mass is 10.1. The van der Waals surface area contributed by atoms with Crippen LogP contribution >= 0.6 is 11.6 Å². The van der Waals surface area contributed by atoms with Gasteiger partial charge in [-0.3, -0.25) is 13.9 Å². The molecule has 1 fully saturated rings. The molecule has 2 amide bonds. The van der Waals surface area contributed by atoms with Crippen LogP contribution in [0.5, 0.6) is 5.75 Å². The van der Waals surface area contributed by atoms with Crippen molar-refractivity contribution in [3.63, 3.8) is 0 Å². The van der Waals surface area contributed by atoms with Gasteiger partial charge in [0.05, 0.1) is 28.3 Å². The normalized spacial score (nSPS) is 14.5. The third-order valence-corrected chi connectivity index (χ3v) is 9.82. The molecule has 0 saturated heterocycles.